The molecule has 0 spiro atoms. The molecule has 0 radical (unpaired) electrons. The number of hydrogen-bond acceptors (Lipinski definition) is 7. The summed E-state index contributed by atoms with van der Waals surface area (Å²) in [5.41, 5.74) is 1.83. The third kappa shape index (κ3) is 3.30. The van der Waals surface area contributed by atoms with E-state index in [0.29, 0.717) is 37.1 Å². The van der Waals surface area contributed by atoms with Crippen LogP contribution in [0.4, 0.5) is 5.69 Å². The number of carboxylic acids is 1. The number of aliphatic imine (C=N–C) groups is 1. The lowest BCUT2D eigenvalue weighted by Gasteiger charge is -2.06. The van der Waals surface area contributed by atoms with Crippen LogP contribution in [0.2, 0.25) is 0 Å². The molecule has 2 heterocycles. The number of fused-ring (bicyclic) bond motifs is 1. The molecule has 0 saturated heterocycles. The molecule has 146 valence electrons. The fourth-order valence-electron chi connectivity index (χ4n) is 3.04. The lowest BCUT2D eigenvalue weighted by molar-refractivity contribution is -0.129. The van der Waals surface area contributed by atoms with E-state index in [0.717, 1.165) is 11.3 Å². The molecule has 1 aromatic heterocycles. The third-order valence-electron chi connectivity index (χ3n) is 4.36. The molecule has 4 rings (SSSR count). The van der Waals surface area contributed by atoms with E-state index in [-0.39, 0.29) is 17.3 Å². The average molecular weight is 426 g/mol. The van der Waals surface area contributed by atoms with Gasteiger partial charge in [0.1, 0.15) is 11.5 Å². The van der Waals surface area contributed by atoms with Gasteiger partial charge < -0.3 is 20.1 Å². The monoisotopic (exact) mass is 426 g/mol. The van der Waals surface area contributed by atoms with Crippen LogP contribution in [0.15, 0.2) is 47.5 Å². The van der Waals surface area contributed by atoms with Crippen molar-refractivity contribution in [3.63, 3.8) is 0 Å². The highest BCUT2D eigenvalue weighted by Crippen LogP contribution is 2.41. The van der Waals surface area contributed by atoms with Crippen LogP contribution < -0.4 is 4.74 Å². The Kier molecular flexibility index (Phi) is 4.69. The summed E-state index contributed by atoms with van der Waals surface area (Å²) in [5, 5.41) is 30.0. The average Bonchev–Trinajstić information content (AvgIpc) is 3.18. The first kappa shape index (κ1) is 18.9. The lowest BCUT2D eigenvalue weighted by Crippen LogP contribution is -2.11. The fourth-order valence-corrected chi connectivity index (χ4v) is 4.33. The Labute approximate surface area is 174 Å². The number of hydrogen-bond donors (Lipinski definition) is 3. The Hall–Kier alpha value is -3.43. The molecule has 9 heteroatoms. The number of ether oxygens (including phenoxy) is 1. The predicted octanol–water partition coefficient (Wildman–Crippen LogP) is 4.40. The van der Waals surface area contributed by atoms with Gasteiger partial charge in [-0.2, -0.15) is 0 Å². The zero-order chi connectivity index (χ0) is 20.7. The van der Waals surface area contributed by atoms with E-state index in [2.05, 4.69) is 4.99 Å². The number of benzene rings is 2. The molecular weight excluding hydrogens is 412 g/mol. The number of nitrogens with zero attached hydrogens (tertiary/aromatic N) is 2. The summed E-state index contributed by atoms with van der Waals surface area (Å²) in [6.45, 7) is 0. The number of phenols is 1. The SMILES string of the molecule is COc1ccc2c(c1)N=C(C(=O)O)C2=Cc1sc(=S)n(-c2cccc(O)c2)c1O. The zero-order valence-electron chi connectivity index (χ0n) is 15.0. The second-order valence-corrected chi connectivity index (χ2v) is 7.79. The summed E-state index contributed by atoms with van der Waals surface area (Å²) in [6.07, 6.45) is 1.56. The fraction of sp³-hybridized carbons (Fsp3) is 0.0500. The molecule has 0 atom stereocenters. The van der Waals surface area contributed by atoms with Gasteiger partial charge in [-0.3, -0.25) is 4.57 Å². The van der Waals surface area contributed by atoms with Gasteiger partial charge in [-0.05, 0) is 42.6 Å². The van der Waals surface area contributed by atoms with Gasteiger partial charge in [0, 0.05) is 23.3 Å². The second-order valence-electron chi connectivity index (χ2n) is 6.12. The van der Waals surface area contributed by atoms with Gasteiger partial charge in [-0.15, -0.1) is 11.3 Å². The van der Waals surface area contributed by atoms with Crippen LogP contribution in [-0.2, 0) is 4.79 Å². The van der Waals surface area contributed by atoms with Crippen LogP contribution in [0.1, 0.15) is 10.4 Å². The Balaban J connectivity index is 1.87. The number of thiazole rings is 1. The van der Waals surface area contributed by atoms with Gasteiger partial charge in [0.2, 0.25) is 5.88 Å². The minimum absolute atomic E-state index is 0.0360. The van der Waals surface area contributed by atoms with E-state index in [1.807, 2.05) is 0 Å². The van der Waals surface area contributed by atoms with Crippen LogP contribution in [0.3, 0.4) is 0 Å². The van der Waals surface area contributed by atoms with E-state index in [9.17, 15) is 20.1 Å². The van der Waals surface area contributed by atoms with Crippen molar-refractivity contribution in [3.8, 4) is 23.1 Å². The second kappa shape index (κ2) is 7.19. The highest BCUT2D eigenvalue weighted by atomic mass is 32.1. The number of carbonyl (C=O) groups is 1. The standard InChI is InChI=1S/C20H14N2O5S2/c1-27-12-5-6-13-14(17(19(25)26)21-15(13)8-12)9-16-18(24)22(20(28)29-16)10-3-2-4-11(23)7-10/h2-9,23-24H,1H3,(H,25,26). The quantitative estimate of drug-likeness (QED) is 0.534. The minimum Gasteiger partial charge on any atom is -0.508 e. The van der Waals surface area contributed by atoms with E-state index >= 15 is 0 Å². The predicted molar refractivity (Wildman–Crippen MR) is 113 cm³/mol. The molecule has 7 nitrogen and oxygen atoms in total. The number of methoxy groups -OCH3 is 1. The van der Waals surface area contributed by atoms with Crippen molar-refractivity contribution in [2.75, 3.05) is 7.11 Å². The summed E-state index contributed by atoms with van der Waals surface area (Å²) in [6, 6.07) is 11.4. The molecule has 0 bridgehead atoms. The first-order valence-corrected chi connectivity index (χ1v) is 9.58. The highest BCUT2D eigenvalue weighted by Gasteiger charge is 2.27. The van der Waals surface area contributed by atoms with E-state index in [4.69, 9.17) is 17.0 Å². The Morgan fingerprint density at radius 1 is 1.24 bits per heavy atom. The van der Waals surface area contributed by atoms with Crippen molar-refractivity contribution in [3.05, 3.63) is 56.9 Å². The minimum atomic E-state index is -1.18. The van der Waals surface area contributed by atoms with E-state index in [1.165, 1.54) is 23.8 Å². The van der Waals surface area contributed by atoms with Crippen LogP contribution in [0, 0.1) is 3.95 Å². The van der Waals surface area contributed by atoms with E-state index < -0.39 is 5.97 Å². The van der Waals surface area contributed by atoms with Gasteiger partial charge in [0.05, 0.1) is 23.4 Å². The summed E-state index contributed by atoms with van der Waals surface area (Å²) < 4.78 is 6.93. The molecule has 1 aliphatic rings. The van der Waals surface area contributed by atoms with Gasteiger partial charge in [-0.25, -0.2) is 9.79 Å². The van der Waals surface area contributed by atoms with Crippen LogP contribution >= 0.6 is 23.6 Å². The smallest absolute Gasteiger partial charge is 0.355 e. The Morgan fingerprint density at radius 2 is 2.03 bits per heavy atom. The molecule has 3 aromatic rings. The summed E-state index contributed by atoms with van der Waals surface area (Å²) in [5.74, 6) is -0.729. The summed E-state index contributed by atoms with van der Waals surface area (Å²) in [4.78, 5) is 16.3. The van der Waals surface area contributed by atoms with Crippen molar-refractivity contribution in [2.45, 2.75) is 0 Å². The Bertz CT molecular complexity index is 1270. The molecular formula is C20H14N2O5S2. The molecule has 0 aliphatic carbocycles. The molecule has 2 aromatic carbocycles. The maximum absolute atomic E-state index is 11.7. The highest BCUT2D eigenvalue weighted by molar-refractivity contribution is 7.73. The Morgan fingerprint density at radius 3 is 2.72 bits per heavy atom. The molecule has 1 aliphatic heterocycles. The molecule has 0 fully saturated rings. The number of aromatic hydroxyl groups is 2. The summed E-state index contributed by atoms with van der Waals surface area (Å²) in [7, 11) is 1.52. The summed E-state index contributed by atoms with van der Waals surface area (Å²) >= 11 is 6.49. The number of rotatable bonds is 4. The van der Waals surface area contributed by atoms with Crippen molar-refractivity contribution >= 4 is 52.6 Å². The zero-order valence-corrected chi connectivity index (χ0v) is 16.6. The largest absolute Gasteiger partial charge is 0.508 e. The molecule has 0 saturated carbocycles. The van der Waals surface area contributed by atoms with Crippen LogP contribution in [0.5, 0.6) is 17.4 Å². The number of aromatic nitrogens is 1. The molecule has 0 unspecified atom stereocenters. The maximum atomic E-state index is 11.7. The third-order valence-corrected chi connectivity index (χ3v) is 5.67. The van der Waals surface area contributed by atoms with Crippen molar-refractivity contribution in [1.82, 2.24) is 4.57 Å². The van der Waals surface area contributed by atoms with Gasteiger partial charge in [-0.1, -0.05) is 6.07 Å². The normalized spacial score (nSPS) is 14.0. The van der Waals surface area contributed by atoms with Gasteiger partial charge in [0.15, 0.2) is 9.67 Å². The lowest BCUT2D eigenvalue weighted by atomic mass is 10.0. The number of carboxylic acid groups (broad SMARTS) is 1. The topological polar surface area (TPSA) is 104 Å². The molecule has 0 amide bonds. The van der Waals surface area contributed by atoms with Gasteiger partial charge in [0.25, 0.3) is 0 Å². The van der Waals surface area contributed by atoms with Crippen LogP contribution in [0.25, 0.3) is 17.3 Å². The van der Waals surface area contributed by atoms with Gasteiger partial charge >= 0.3 is 5.97 Å². The van der Waals surface area contributed by atoms with Crippen molar-refractivity contribution in [2.24, 2.45) is 4.99 Å². The molecule has 3 N–H and O–H groups in total. The van der Waals surface area contributed by atoms with E-state index in [1.54, 1.807) is 36.4 Å². The van der Waals surface area contributed by atoms with Crippen molar-refractivity contribution in [1.29, 1.82) is 0 Å². The first-order chi connectivity index (χ1) is 13.9. The number of aliphatic carboxylic acids is 1. The maximum Gasteiger partial charge on any atom is 0.355 e. The van der Waals surface area contributed by atoms with Crippen molar-refractivity contribution < 1.29 is 24.9 Å². The molecule has 29 heavy (non-hydrogen) atoms. The first-order valence-electron chi connectivity index (χ1n) is 8.35. The number of phenolic OH excluding ortho intramolecular Hbond substituents is 1. The van der Waals surface area contributed by atoms with Crippen LogP contribution in [-0.4, -0.2) is 38.7 Å².